The smallest absolute Gasteiger partial charge is 0.206 e. The molecule has 4 nitrogen and oxygen atoms in total. The number of hydrogen-bond donors (Lipinski definition) is 1. The number of phenols is 1. The first kappa shape index (κ1) is 16.1. The molecule has 0 aromatic heterocycles. The van der Waals surface area contributed by atoms with Gasteiger partial charge in [0.15, 0.2) is 0 Å². The minimum Gasteiger partial charge on any atom is -0.508 e. The lowest BCUT2D eigenvalue weighted by atomic mass is 10.2. The molecule has 0 saturated carbocycles. The van der Waals surface area contributed by atoms with Crippen molar-refractivity contribution in [2.24, 2.45) is 0 Å². The lowest BCUT2D eigenvalue weighted by molar-refractivity contribution is 0.475. The van der Waals surface area contributed by atoms with E-state index < -0.39 is 9.84 Å². The maximum Gasteiger partial charge on any atom is 0.206 e. The fraction of sp³-hybridized carbons (Fsp3) is 0.0526. The molecule has 0 aliphatic rings. The molecule has 1 N–H and O–H groups in total. The molecule has 0 radical (unpaired) electrons. The van der Waals surface area contributed by atoms with Crippen LogP contribution in [-0.2, 0) is 9.84 Å². The van der Waals surface area contributed by atoms with Crippen molar-refractivity contribution in [2.45, 2.75) is 16.7 Å². The summed E-state index contributed by atoms with van der Waals surface area (Å²) >= 11 is 0. The van der Waals surface area contributed by atoms with E-state index >= 15 is 0 Å². The average molecular weight is 340 g/mol. The van der Waals surface area contributed by atoms with E-state index in [1.54, 1.807) is 12.1 Å². The number of phenolic OH excluding ortho intramolecular Hbond substituents is 1. The molecule has 0 aliphatic carbocycles. The number of rotatable bonds is 4. The van der Waals surface area contributed by atoms with Crippen LogP contribution in [0.5, 0.6) is 17.2 Å². The Balaban J connectivity index is 1.83. The number of ether oxygens (including phenoxy) is 1. The Morgan fingerprint density at radius 3 is 1.62 bits per heavy atom. The summed E-state index contributed by atoms with van der Waals surface area (Å²) in [7, 11) is -3.62. The van der Waals surface area contributed by atoms with E-state index in [2.05, 4.69) is 0 Å². The van der Waals surface area contributed by atoms with Gasteiger partial charge in [-0.3, -0.25) is 0 Å². The fourth-order valence-electron chi connectivity index (χ4n) is 2.19. The number of sulfone groups is 1. The summed E-state index contributed by atoms with van der Waals surface area (Å²) in [4.78, 5) is 0.303. The van der Waals surface area contributed by atoms with Crippen molar-refractivity contribution in [1.29, 1.82) is 0 Å². The minimum atomic E-state index is -3.62. The Kier molecular flexibility index (Phi) is 4.27. The third kappa shape index (κ3) is 3.41. The van der Waals surface area contributed by atoms with Crippen molar-refractivity contribution >= 4 is 9.84 Å². The topological polar surface area (TPSA) is 63.6 Å². The molecule has 0 bridgehead atoms. The highest BCUT2D eigenvalue weighted by molar-refractivity contribution is 7.91. The van der Waals surface area contributed by atoms with Crippen LogP contribution in [0.15, 0.2) is 82.6 Å². The lowest BCUT2D eigenvalue weighted by Gasteiger charge is -2.08. The van der Waals surface area contributed by atoms with Crippen LogP contribution in [0.2, 0.25) is 0 Å². The zero-order valence-corrected chi connectivity index (χ0v) is 13.8. The summed E-state index contributed by atoms with van der Waals surface area (Å²) in [5.74, 6) is 1.27. The monoisotopic (exact) mass is 340 g/mol. The Morgan fingerprint density at radius 1 is 0.708 bits per heavy atom. The van der Waals surface area contributed by atoms with Crippen LogP contribution in [0.3, 0.4) is 0 Å². The van der Waals surface area contributed by atoms with Gasteiger partial charge in [-0.1, -0.05) is 17.7 Å². The Morgan fingerprint density at radius 2 is 1.12 bits per heavy atom. The first-order chi connectivity index (χ1) is 11.4. The SMILES string of the molecule is Cc1ccc(Oc2ccc(S(=O)(=O)c3ccc(O)cc3)cc2)cc1. The molecule has 0 atom stereocenters. The highest BCUT2D eigenvalue weighted by Gasteiger charge is 2.17. The third-order valence-corrected chi connectivity index (χ3v) is 5.32. The predicted molar refractivity (Wildman–Crippen MR) is 91.3 cm³/mol. The van der Waals surface area contributed by atoms with Gasteiger partial charge in [0.2, 0.25) is 9.84 Å². The summed E-state index contributed by atoms with van der Waals surface area (Å²) in [5.41, 5.74) is 1.14. The van der Waals surface area contributed by atoms with Crippen molar-refractivity contribution in [3.8, 4) is 17.2 Å². The van der Waals surface area contributed by atoms with Gasteiger partial charge in [0.25, 0.3) is 0 Å². The van der Waals surface area contributed by atoms with Crippen LogP contribution in [-0.4, -0.2) is 13.5 Å². The van der Waals surface area contributed by atoms with Crippen molar-refractivity contribution < 1.29 is 18.3 Å². The number of aryl methyl sites for hydroxylation is 1. The van der Waals surface area contributed by atoms with Gasteiger partial charge in [0.1, 0.15) is 17.2 Å². The van der Waals surface area contributed by atoms with E-state index in [0.717, 1.165) is 5.56 Å². The second-order valence-corrected chi connectivity index (χ2v) is 7.33. The molecular formula is C19H16O4S. The number of benzene rings is 3. The standard InChI is InChI=1S/C19H16O4S/c1-14-2-6-16(7-3-14)23-17-8-12-19(13-9-17)24(21,22)18-10-4-15(20)5-11-18/h2-13,20H,1H3. The normalized spacial score (nSPS) is 11.2. The Hall–Kier alpha value is -2.79. The maximum absolute atomic E-state index is 12.5. The van der Waals surface area contributed by atoms with E-state index in [9.17, 15) is 13.5 Å². The highest BCUT2D eigenvalue weighted by Crippen LogP contribution is 2.26. The van der Waals surface area contributed by atoms with Gasteiger partial charge < -0.3 is 9.84 Å². The zero-order chi connectivity index (χ0) is 17.2. The molecule has 0 unspecified atom stereocenters. The molecule has 122 valence electrons. The molecule has 3 aromatic rings. The van der Waals surface area contributed by atoms with Gasteiger partial charge in [-0.2, -0.15) is 0 Å². The molecule has 0 aliphatic heterocycles. The van der Waals surface area contributed by atoms with Crippen LogP contribution < -0.4 is 4.74 Å². The molecule has 3 rings (SSSR count). The largest absolute Gasteiger partial charge is 0.508 e. The van der Waals surface area contributed by atoms with Gasteiger partial charge in [-0.05, 0) is 67.6 Å². The van der Waals surface area contributed by atoms with Gasteiger partial charge in [0, 0.05) is 0 Å². The minimum absolute atomic E-state index is 0.0239. The van der Waals surface area contributed by atoms with Gasteiger partial charge in [-0.15, -0.1) is 0 Å². The molecule has 0 saturated heterocycles. The summed E-state index contributed by atoms with van der Waals surface area (Å²) < 4.78 is 30.8. The van der Waals surface area contributed by atoms with E-state index in [0.29, 0.717) is 11.5 Å². The summed E-state index contributed by atoms with van der Waals surface area (Å²) in [5, 5.41) is 9.28. The Labute approximate surface area is 140 Å². The van der Waals surface area contributed by atoms with E-state index in [4.69, 9.17) is 4.74 Å². The summed E-state index contributed by atoms with van der Waals surface area (Å²) in [6.45, 7) is 1.99. The molecular weight excluding hydrogens is 324 g/mol. The lowest BCUT2D eigenvalue weighted by Crippen LogP contribution is -2.01. The quantitative estimate of drug-likeness (QED) is 0.768. The number of hydrogen-bond acceptors (Lipinski definition) is 4. The van der Waals surface area contributed by atoms with Crippen LogP contribution >= 0.6 is 0 Å². The average Bonchev–Trinajstić information content (AvgIpc) is 2.58. The van der Waals surface area contributed by atoms with Crippen LogP contribution in [0.4, 0.5) is 0 Å². The molecule has 24 heavy (non-hydrogen) atoms. The molecule has 5 heteroatoms. The van der Waals surface area contributed by atoms with E-state index in [1.807, 2.05) is 31.2 Å². The van der Waals surface area contributed by atoms with Crippen molar-refractivity contribution in [1.82, 2.24) is 0 Å². The summed E-state index contributed by atoms with van der Waals surface area (Å²) in [6, 6.07) is 19.3. The van der Waals surface area contributed by atoms with Gasteiger partial charge in [0.05, 0.1) is 9.79 Å². The fourth-order valence-corrected chi connectivity index (χ4v) is 3.45. The predicted octanol–water partition coefficient (Wildman–Crippen LogP) is 4.33. The van der Waals surface area contributed by atoms with Crippen LogP contribution in [0, 0.1) is 6.92 Å². The van der Waals surface area contributed by atoms with Gasteiger partial charge in [-0.25, -0.2) is 8.42 Å². The molecule has 0 fully saturated rings. The highest BCUT2D eigenvalue weighted by atomic mass is 32.2. The maximum atomic E-state index is 12.5. The van der Waals surface area contributed by atoms with E-state index in [-0.39, 0.29) is 15.5 Å². The third-order valence-electron chi connectivity index (χ3n) is 3.54. The van der Waals surface area contributed by atoms with E-state index in [1.165, 1.54) is 36.4 Å². The molecule has 0 amide bonds. The number of aromatic hydroxyl groups is 1. The van der Waals surface area contributed by atoms with Crippen LogP contribution in [0.1, 0.15) is 5.56 Å². The second kappa shape index (κ2) is 6.37. The molecule has 3 aromatic carbocycles. The molecule has 0 spiro atoms. The molecule has 0 heterocycles. The Bertz CT molecular complexity index is 926. The first-order valence-corrected chi connectivity index (χ1v) is 8.82. The van der Waals surface area contributed by atoms with Crippen LogP contribution in [0.25, 0.3) is 0 Å². The van der Waals surface area contributed by atoms with Crippen molar-refractivity contribution in [3.05, 3.63) is 78.4 Å². The first-order valence-electron chi connectivity index (χ1n) is 7.34. The zero-order valence-electron chi connectivity index (χ0n) is 13.0. The van der Waals surface area contributed by atoms with Crippen molar-refractivity contribution in [2.75, 3.05) is 0 Å². The summed E-state index contributed by atoms with van der Waals surface area (Å²) in [6.07, 6.45) is 0. The van der Waals surface area contributed by atoms with Gasteiger partial charge >= 0.3 is 0 Å². The van der Waals surface area contributed by atoms with Crippen molar-refractivity contribution in [3.63, 3.8) is 0 Å². The second-order valence-electron chi connectivity index (χ2n) is 5.38.